The Hall–Kier alpha value is -0.590. The molecule has 0 amide bonds. The topological polar surface area (TPSA) is 39.9 Å². The lowest BCUT2D eigenvalue weighted by atomic mass is 10.3. The zero-order chi connectivity index (χ0) is 13.3. The zero-order valence-corrected chi connectivity index (χ0v) is 13.7. The summed E-state index contributed by atoms with van der Waals surface area (Å²) in [6.07, 6.45) is 0.741. The van der Waals surface area contributed by atoms with Crippen LogP contribution < -0.4 is 4.74 Å². The van der Waals surface area contributed by atoms with Gasteiger partial charge in [-0.2, -0.15) is 0 Å². The first-order valence-electron chi connectivity index (χ1n) is 5.21. The average molecular weight is 395 g/mol. The Morgan fingerprint density at radius 1 is 1.28 bits per heavy atom. The van der Waals surface area contributed by atoms with Gasteiger partial charge in [-0.1, -0.05) is 6.92 Å². The molecule has 0 aliphatic rings. The number of hydrogen-bond donors (Lipinski definition) is 0. The van der Waals surface area contributed by atoms with Crippen molar-refractivity contribution in [2.45, 2.75) is 13.3 Å². The largest absolute Gasteiger partial charge is 0.495 e. The predicted octanol–water partition coefficient (Wildman–Crippen LogP) is 4.02. The van der Waals surface area contributed by atoms with Gasteiger partial charge in [0.25, 0.3) is 0 Å². The van der Waals surface area contributed by atoms with E-state index in [-0.39, 0.29) is 0 Å². The third-order valence-corrected chi connectivity index (χ3v) is 3.97. The number of benzene rings is 1. The molecule has 18 heavy (non-hydrogen) atoms. The highest BCUT2D eigenvalue weighted by Gasteiger charge is 2.15. The van der Waals surface area contributed by atoms with Gasteiger partial charge in [-0.05, 0) is 49.5 Å². The van der Waals surface area contributed by atoms with Crippen molar-refractivity contribution in [2.75, 3.05) is 7.11 Å². The predicted molar refractivity (Wildman–Crippen MR) is 77.7 cm³/mol. The Morgan fingerprint density at radius 3 is 2.61 bits per heavy atom. The number of ether oxygens (including phenoxy) is 1. The van der Waals surface area contributed by atoms with Gasteiger partial charge in [0.1, 0.15) is 11.6 Å². The number of rotatable bonds is 3. The number of aromatic nitrogens is 3. The summed E-state index contributed by atoms with van der Waals surface area (Å²) >= 11 is 13.0. The van der Waals surface area contributed by atoms with Crippen molar-refractivity contribution < 1.29 is 4.74 Å². The number of halogens is 3. The van der Waals surface area contributed by atoms with Crippen LogP contribution >= 0.6 is 43.5 Å². The molecule has 0 aliphatic carbocycles. The molecule has 1 heterocycles. The third kappa shape index (κ3) is 2.41. The number of hydrogen-bond acceptors (Lipinski definition) is 3. The molecule has 0 bridgehead atoms. The smallest absolute Gasteiger partial charge is 0.229 e. The molecule has 0 aliphatic heterocycles. The standard InChI is InChI=1S/C11H10Br2ClN3O/c1-3-10-15-16-11(14)17(10)8-5-9(18-2)7(13)4-6(8)12/h4-5H,3H2,1-2H3. The second kappa shape index (κ2) is 5.59. The van der Waals surface area contributed by atoms with Crippen LogP contribution in [0, 0.1) is 0 Å². The molecule has 2 aromatic rings. The van der Waals surface area contributed by atoms with E-state index in [0.717, 1.165) is 32.6 Å². The normalized spacial score (nSPS) is 10.7. The van der Waals surface area contributed by atoms with Gasteiger partial charge in [0.2, 0.25) is 5.28 Å². The van der Waals surface area contributed by atoms with Gasteiger partial charge >= 0.3 is 0 Å². The highest BCUT2D eigenvalue weighted by Crippen LogP contribution is 2.35. The first-order valence-corrected chi connectivity index (χ1v) is 7.18. The summed E-state index contributed by atoms with van der Waals surface area (Å²) in [5.41, 5.74) is 0.849. The molecule has 0 atom stereocenters. The summed E-state index contributed by atoms with van der Waals surface area (Å²) in [4.78, 5) is 0. The molecule has 0 spiro atoms. The van der Waals surface area contributed by atoms with Crippen LogP contribution in [-0.2, 0) is 6.42 Å². The molecule has 0 fully saturated rings. The van der Waals surface area contributed by atoms with Gasteiger partial charge in [-0.25, -0.2) is 0 Å². The molecule has 1 aromatic carbocycles. The van der Waals surface area contributed by atoms with Crippen molar-refractivity contribution >= 4 is 43.5 Å². The lowest BCUT2D eigenvalue weighted by Gasteiger charge is -2.12. The summed E-state index contributed by atoms with van der Waals surface area (Å²) in [6.45, 7) is 2.00. The van der Waals surface area contributed by atoms with Crippen molar-refractivity contribution in [3.8, 4) is 11.4 Å². The summed E-state index contributed by atoms with van der Waals surface area (Å²) < 4.78 is 8.82. The van der Waals surface area contributed by atoms with Crippen molar-refractivity contribution in [1.82, 2.24) is 14.8 Å². The van der Waals surface area contributed by atoms with Gasteiger partial charge in [0.15, 0.2) is 0 Å². The fraction of sp³-hybridized carbons (Fsp3) is 0.273. The highest BCUT2D eigenvalue weighted by atomic mass is 79.9. The Bertz CT molecular complexity index is 586. The van der Waals surface area contributed by atoms with Crippen molar-refractivity contribution in [3.63, 3.8) is 0 Å². The fourth-order valence-corrected chi connectivity index (χ4v) is 3.17. The van der Waals surface area contributed by atoms with E-state index < -0.39 is 0 Å². The van der Waals surface area contributed by atoms with E-state index in [2.05, 4.69) is 42.1 Å². The molecule has 0 saturated carbocycles. The highest BCUT2D eigenvalue weighted by molar-refractivity contribution is 9.11. The Morgan fingerprint density at radius 2 is 2.00 bits per heavy atom. The zero-order valence-electron chi connectivity index (χ0n) is 9.75. The van der Waals surface area contributed by atoms with Gasteiger partial charge < -0.3 is 4.74 Å². The van der Waals surface area contributed by atoms with Crippen LogP contribution in [0.25, 0.3) is 5.69 Å². The Kier molecular flexibility index (Phi) is 4.29. The fourth-order valence-electron chi connectivity index (χ4n) is 1.61. The summed E-state index contributed by atoms with van der Waals surface area (Å²) in [7, 11) is 1.62. The molecule has 96 valence electrons. The average Bonchev–Trinajstić information content (AvgIpc) is 2.71. The molecular weight excluding hydrogens is 385 g/mol. The first-order chi connectivity index (χ1) is 8.58. The molecular formula is C11H10Br2ClN3O. The molecule has 0 radical (unpaired) electrons. The van der Waals surface area contributed by atoms with Crippen LogP contribution in [0.3, 0.4) is 0 Å². The second-order valence-corrected chi connectivity index (χ2v) is 5.56. The van der Waals surface area contributed by atoms with E-state index in [0.29, 0.717) is 5.28 Å². The Balaban J connectivity index is 2.66. The Labute approximate surface area is 127 Å². The number of nitrogens with zero attached hydrogens (tertiary/aromatic N) is 3. The van der Waals surface area contributed by atoms with E-state index in [9.17, 15) is 0 Å². The van der Waals surface area contributed by atoms with Gasteiger partial charge in [-0.15, -0.1) is 10.2 Å². The minimum Gasteiger partial charge on any atom is -0.495 e. The molecule has 2 rings (SSSR count). The lowest BCUT2D eigenvalue weighted by Crippen LogP contribution is -2.02. The van der Waals surface area contributed by atoms with Gasteiger partial charge in [0.05, 0.1) is 17.3 Å². The van der Waals surface area contributed by atoms with Crippen LogP contribution in [0.2, 0.25) is 5.28 Å². The molecule has 0 saturated heterocycles. The summed E-state index contributed by atoms with van der Waals surface area (Å²) in [5, 5.41) is 8.26. The SMILES string of the molecule is CCc1nnc(Cl)n1-c1cc(OC)c(Br)cc1Br. The van der Waals surface area contributed by atoms with E-state index in [1.165, 1.54) is 0 Å². The van der Waals surface area contributed by atoms with E-state index in [4.69, 9.17) is 16.3 Å². The summed E-state index contributed by atoms with van der Waals surface area (Å²) in [6, 6.07) is 3.78. The molecule has 1 aromatic heterocycles. The first kappa shape index (κ1) is 13.8. The van der Waals surface area contributed by atoms with Crippen molar-refractivity contribution in [3.05, 3.63) is 32.2 Å². The van der Waals surface area contributed by atoms with Crippen LogP contribution in [0.15, 0.2) is 21.1 Å². The van der Waals surface area contributed by atoms with Crippen molar-refractivity contribution in [2.24, 2.45) is 0 Å². The maximum Gasteiger partial charge on any atom is 0.229 e. The quantitative estimate of drug-likeness (QED) is 0.788. The summed E-state index contributed by atoms with van der Waals surface area (Å²) in [5.74, 6) is 1.52. The van der Waals surface area contributed by atoms with Crippen LogP contribution in [0.5, 0.6) is 5.75 Å². The van der Waals surface area contributed by atoms with Crippen LogP contribution in [0.4, 0.5) is 0 Å². The van der Waals surface area contributed by atoms with Gasteiger partial charge in [0, 0.05) is 17.0 Å². The third-order valence-electron chi connectivity index (χ3n) is 2.47. The maximum absolute atomic E-state index is 6.08. The monoisotopic (exact) mass is 393 g/mol. The van der Waals surface area contributed by atoms with Crippen LogP contribution in [0.1, 0.15) is 12.7 Å². The molecule has 7 heteroatoms. The maximum atomic E-state index is 6.08. The minimum atomic E-state index is 0.330. The van der Waals surface area contributed by atoms with Gasteiger partial charge in [-0.3, -0.25) is 4.57 Å². The van der Waals surface area contributed by atoms with Crippen LogP contribution in [-0.4, -0.2) is 21.9 Å². The minimum absolute atomic E-state index is 0.330. The van der Waals surface area contributed by atoms with Crippen molar-refractivity contribution in [1.29, 1.82) is 0 Å². The lowest BCUT2D eigenvalue weighted by molar-refractivity contribution is 0.412. The van der Waals surface area contributed by atoms with E-state index in [1.807, 2.05) is 19.1 Å². The second-order valence-electron chi connectivity index (χ2n) is 3.51. The number of methoxy groups -OCH3 is 1. The van der Waals surface area contributed by atoms with E-state index >= 15 is 0 Å². The molecule has 0 unspecified atom stereocenters. The molecule has 4 nitrogen and oxygen atoms in total. The number of aryl methyl sites for hydroxylation is 1. The van der Waals surface area contributed by atoms with E-state index in [1.54, 1.807) is 11.7 Å². The molecule has 0 N–H and O–H groups in total.